The zero-order valence-corrected chi connectivity index (χ0v) is 19.7. The van der Waals surface area contributed by atoms with Crippen molar-refractivity contribution >= 4 is 15.7 Å². The van der Waals surface area contributed by atoms with Crippen molar-refractivity contribution in [2.24, 2.45) is 0 Å². The summed E-state index contributed by atoms with van der Waals surface area (Å²) in [5.41, 5.74) is 2.20. The summed E-state index contributed by atoms with van der Waals surface area (Å²) in [5, 5.41) is 4.83. The van der Waals surface area contributed by atoms with Crippen LogP contribution < -0.4 is 0 Å². The number of piperidine rings is 1. The average Bonchev–Trinajstić information content (AvgIpc) is 3.22. The van der Waals surface area contributed by atoms with Crippen molar-refractivity contribution in [3.63, 3.8) is 0 Å². The van der Waals surface area contributed by atoms with E-state index in [1.165, 1.54) is 0 Å². The van der Waals surface area contributed by atoms with Crippen LogP contribution in [0.4, 0.5) is 0 Å². The van der Waals surface area contributed by atoms with Crippen LogP contribution >= 0.6 is 0 Å². The topological polar surface area (TPSA) is 94.0 Å². The molecule has 0 spiro atoms. The predicted octanol–water partition coefficient (Wildman–Crippen LogP) is 1.59. The molecule has 0 radical (unpaired) electrons. The van der Waals surface area contributed by atoms with Crippen LogP contribution in [0.1, 0.15) is 34.9 Å². The number of benzene rings is 1. The minimum absolute atomic E-state index is 0.0597. The Kier molecular flexibility index (Phi) is 6.26. The predicted molar refractivity (Wildman–Crippen MR) is 122 cm³/mol. The van der Waals surface area contributed by atoms with E-state index in [0.717, 1.165) is 38.2 Å². The molecule has 1 atom stereocenters. The number of hydrogen-bond donors (Lipinski definition) is 0. The maximum Gasteiger partial charge on any atom is 0.274 e. The van der Waals surface area contributed by atoms with Gasteiger partial charge in [0.25, 0.3) is 5.91 Å². The molecule has 0 N–H and O–H groups in total. The van der Waals surface area contributed by atoms with Gasteiger partial charge in [0, 0.05) is 44.4 Å². The van der Waals surface area contributed by atoms with Gasteiger partial charge in [0.2, 0.25) is 0 Å². The number of carbonyl (C=O) groups excluding carboxylic acids is 1. The molecule has 3 aliphatic rings. The van der Waals surface area contributed by atoms with Crippen LogP contribution in [0.15, 0.2) is 29.2 Å². The summed E-state index contributed by atoms with van der Waals surface area (Å²) in [6, 6.07) is 7.13. The molecular formula is C23H30N4O5S. The minimum Gasteiger partial charge on any atom is -0.383 e. The maximum absolute atomic E-state index is 13.5. The molecule has 0 bridgehead atoms. The van der Waals surface area contributed by atoms with Crippen molar-refractivity contribution in [3.05, 3.63) is 35.5 Å². The second kappa shape index (κ2) is 9.17. The van der Waals surface area contributed by atoms with Crippen LogP contribution in [0.3, 0.4) is 0 Å². The summed E-state index contributed by atoms with van der Waals surface area (Å²) in [4.78, 5) is 17.9. The molecular weight excluding hydrogens is 444 g/mol. The third-order valence-corrected chi connectivity index (χ3v) is 8.45. The summed E-state index contributed by atoms with van der Waals surface area (Å²) < 4.78 is 38.9. The highest BCUT2D eigenvalue weighted by atomic mass is 32.2. The minimum atomic E-state index is -3.56. The number of carbonyl (C=O) groups is 1. The van der Waals surface area contributed by atoms with E-state index in [4.69, 9.17) is 14.6 Å². The molecule has 4 heterocycles. The number of morpholine rings is 1. The lowest BCUT2D eigenvalue weighted by molar-refractivity contribution is 0.0297. The Bertz CT molecular complexity index is 1140. The third kappa shape index (κ3) is 4.21. The number of rotatable bonds is 5. The molecule has 3 aliphatic heterocycles. The van der Waals surface area contributed by atoms with Gasteiger partial charge in [-0.1, -0.05) is 18.2 Å². The molecule has 0 saturated carbocycles. The molecule has 2 fully saturated rings. The first-order valence-electron chi connectivity index (χ1n) is 11.5. The number of aromatic nitrogens is 2. The monoisotopic (exact) mass is 474 g/mol. The molecule has 2 saturated heterocycles. The maximum atomic E-state index is 13.5. The molecule has 0 aliphatic carbocycles. The quantitative estimate of drug-likeness (QED) is 0.650. The second-order valence-electron chi connectivity index (χ2n) is 8.87. The van der Waals surface area contributed by atoms with Gasteiger partial charge in [-0.15, -0.1) is 0 Å². The zero-order chi connectivity index (χ0) is 23.0. The molecule has 33 heavy (non-hydrogen) atoms. The second-order valence-corrected chi connectivity index (χ2v) is 10.8. The van der Waals surface area contributed by atoms with Gasteiger partial charge in [-0.05, 0) is 25.5 Å². The first kappa shape index (κ1) is 22.5. The van der Waals surface area contributed by atoms with Gasteiger partial charge in [-0.25, -0.2) is 8.42 Å². The van der Waals surface area contributed by atoms with E-state index in [9.17, 15) is 13.2 Å². The molecule has 5 rings (SSSR count). The fourth-order valence-corrected chi connectivity index (χ4v) is 6.69. The Morgan fingerprint density at radius 2 is 2.00 bits per heavy atom. The number of sulfone groups is 1. The molecule has 1 amide bonds. The molecule has 1 aromatic carbocycles. The van der Waals surface area contributed by atoms with Crippen molar-refractivity contribution in [1.82, 2.24) is 19.6 Å². The lowest BCUT2D eigenvalue weighted by atomic mass is 10.0. The van der Waals surface area contributed by atoms with Crippen LogP contribution in [0.2, 0.25) is 0 Å². The number of amides is 1. The lowest BCUT2D eigenvalue weighted by Crippen LogP contribution is -2.41. The Labute approximate surface area is 194 Å². The van der Waals surface area contributed by atoms with Crippen molar-refractivity contribution < 1.29 is 22.7 Å². The average molecular weight is 475 g/mol. The fraction of sp³-hybridized carbons (Fsp3) is 0.565. The molecule has 1 aromatic heterocycles. The van der Waals surface area contributed by atoms with Crippen molar-refractivity contribution in [1.29, 1.82) is 0 Å². The van der Waals surface area contributed by atoms with E-state index in [2.05, 4.69) is 4.90 Å². The SMILES string of the molecule is COCCN1CCC[C@H](n2nc(C(=O)N3CCOCC3)c3c2-c2ccccc2S(=O)(=O)C3)C1. The van der Waals surface area contributed by atoms with Gasteiger partial charge >= 0.3 is 0 Å². The Balaban J connectivity index is 1.60. The number of methoxy groups -OCH3 is 1. The summed E-state index contributed by atoms with van der Waals surface area (Å²) >= 11 is 0. The first-order chi connectivity index (χ1) is 16.0. The normalized spacial score (nSPS) is 22.6. The van der Waals surface area contributed by atoms with Gasteiger partial charge in [0.05, 0.1) is 42.2 Å². The first-order valence-corrected chi connectivity index (χ1v) is 13.2. The number of nitrogens with zero attached hydrogens (tertiary/aromatic N) is 4. The molecule has 0 unspecified atom stereocenters. The molecule has 178 valence electrons. The number of ether oxygens (including phenoxy) is 2. The van der Waals surface area contributed by atoms with Crippen LogP contribution in [-0.4, -0.2) is 93.6 Å². The smallest absolute Gasteiger partial charge is 0.274 e. The van der Waals surface area contributed by atoms with Gasteiger partial charge in [0.1, 0.15) is 0 Å². The Morgan fingerprint density at radius 1 is 1.21 bits per heavy atom. The van der Waals surface area contributed by atoms with E-state index in [1.54, 1.807) is 24.1 Å². The summed E-state index contributed by atoms with van der Waals surface area (Å²) in [6.45, 7) is 5.20. The third-order valence-electron chi connectivity index (χ3n) is 6.76. The fourth-order valence-electron chi connectivity index (χ4n) is 5.10. The molecule has 9 nitrogen and oxygen atoms in total. The standard InChI is InChI=1S/C23H30N4O5S/c1-31-12-9-25-8-4-5-17(15-25)27-22-18-6-2-3-7-20(18)33(29,30)16-19(22)21(24-27)23(28)26-10-13-32-14-11-26/h2-3,6-7,17H,4-5,8-16H2,1H3/t17-/m0/s1. The van der Waals surface area contributed by atoms with Crippen LogP contribution in [0.5, 0.6) is 0 Å². The number of hydrogen-bond acceptors (Lipinski definition) is 7. The van der Waals surface area contributed by atoms with Crippen LogP contribution in [0.25, 0.3) is 11.3 Å². The van der Waals surface area contributed by atoms with Gasteiger partial charge in [-0.3, -0.25) is 14.4 Å². The largest absolute Gasteiger partial charge is 0.383 e. The highest BCUT2D eigenvalue weighted by Crippen LogP contribution is 2.41. The summed E-state index contributed by atoms with van der Waals surface area (Å²) in [7, 11) is -1.86. The van der Waals surface area contributed by atoms with Gasteiger partial charge < -0.3 is 14.4 Å². The van der Waals surface area contributed by atoms with E-state index < -0.39 is 9.84 Å². The Morgan fingerprint density at radius 3 is 2.79 bits per heavy atom. The van der Waals surface area contributed by atoms with Crippen LogP contribution in [-0.2, 0) is 25.1 Å². The van der Waals surface area contributed by atoms with Crippen molar-refractivity contribution in [2.45, 2.75) is 29.5 Å². The highest BCUT2D eigenvalue weighted by molar-refractivity contribution is 7.90. The Hall–Kier alpha value is -2.27. The van der Waals surface area contributed by atoms with E-state index in [0.29, 0.717) is 48.9 Å². The number of fused-ring (bicyclic) bond motifs is 3. The van der Waals surface area contributed by atoms with Crippen LogP contribution in [0, 0.1) is 0 Å². The van der Waals surface area contributed by atoms with E-state index in [1.807, 2.05) is 16.8 Å². The van der Waals surface area contributed by atoms with Gasteiger partial charge in [-0.2, -0.15) is 5.10 Å². The van der Waals surface area contributed by atoms with E-state index >= 15 is 0 Å². The molecule has 10 heteroatoms. The molecule has 2 aromatic rings. The van der Waals surface area contributed by atoms with Gasteiger partial charge in [0.15, 0.2) is 15.5 Å². The highest BCUT2D eigenvalue weighted by Gasteiger charge is 2.38. The number of likely N-dealkylation sites (tertiary alicyclic amines) is 1. The summed E-state index contributed by atoms with van der Waals surface area (Å²) in [5.74, 6) is -0.417. The zero-order valence-electron chi connectivity index (χ0n) is 18.9. The lowest BCUT2D eigenvalue weighted by Gasteiger charge is -2.34. The summed E-state index contributed by atoms with van der Waals surface area (Å²) in [6.07, 6.45) is 1.94. The van der Waals surface area contributed by atoms with Crippen molar-refractivity contribution in [3.8, 4) is 11.3 Å². The van der Waals surface area contributed by atoms with Crippen molar-refractivity contribution in [2.75, 3.05) is 59.7 Å². The van der Waals surface area contributed by atoms with E-state index in [-0.39, 0.29) is 23.4 Å².